The van der Waals surface area contributed by atoms with E-state index >= 15 is 0 Å². The Kier molecular flexibility index (Phi) is 4.38. The Bertz CT molecular complexity index is 624. The summed E-state index contributed by atoms with van der Waals surface area (Å²) in [6.45, 7) is 2.35. The Balaban J connectivity index is 2.19. The molecule has 2 aromatic carbocycles. The number of carbonyl (C=O) groups excluding carboxylic acids is 1. The lowest BCUT2D eigenvalue weighted by atomic mass is 10.1. The van der Waals surface area contributed by atoms with Gasteiger partial charge in [0.15, 0.2) is 0 Å². The Morgan fingerprint density at radius 1 is 1.25 bits per heavy atom. The van der Waals surface area contributed by atoms with Crippen LogP contribution in [0.1, 0.15) is 21.5 Å². The van der Waals surface area contributed by atoms with E-state index in [9.17, 15) is 4.79 Å². The molecule has 104 valence electrons. The molecule has 20 heavy (non-hydrogen) atoms. The molecule has 0 atom stereocenters. The van der Waals surface area contributed by atoms with Crippen LogP contribution in [0.25, 0.3) is 0 Å². The molecule has 0 unspecified atom stereocenters. The van der Waals surface area contributed by atoms with Gasteiger partial charge in [-0.3, -0.25) is 4.79 Å². The number of ether oxygens (including phenoxy) is 1. The van der Waals surface area contributed by atoms with E-state index in [0.717, 1.165) is 16.8 Å². The number of nitrogen functional groups attached to an aromatic ring is 1. The monoisotopic (exact) mass is 270 g/mol. The van der Waals surface area contributed by atoms with E-state index in [-0.39, 0.29) is 5.91 Å². The van der Waals surface area contributed by atoms with Gasteiger partial charge < -0.3 is 15.8 Å². The fourth-order valence-electron chi connectivity index (χ4n) is 2.00. The lowest BCUT2D eigenvalue weighted by molar-refractivity contribution is 0.102. The molecule has 4 nitrogen and oxygen atoms in total. The molecule has 0 radical (unpaired) electrons. The van der Waals surface area contributed by atoms with Gasteiger partial charge in [-0.1, -0.05) is 18.2 Å². The number of methoxy groups -OCH3 is 1. The van der Waals surface area contributed by atoms with Crippen molar-refractivity contribution in [2.24, 2.45) is 0 Å². The first-order chi connectivity index (χ1) is 9.61. The first-order valence-corrected chi connectivity index (χ1v) is 6.36. The maximum absolute atomic E-state index is 12.3. The maximum Gasteiger partial charge on any atom is 0.256 e. The second-order valence-electron chi connectivity index (χ2n) is 4.61. The average Bonchev–Trinajstić information content (AvgIpc) is 2.42. The van der Waals surface area contributed by atoms with Gasteiger partial charge in [-0.2, -0.15) is 0 Å². The number of amides is 1. The Morgan fingerprint density at radius 3 is 2.75 bits per heavy atom. The van der Waals surface area contributed by atoms with Crippen LogP contribution < -0.4 is 11.1 Å². The van der Waals surface area contributed by atoms with Crippen molar-refractivity contribution >= 4 is 17.3 Å². The van der Waals surface area contributed by atoms with Crippen molar-refractivity contribution in [1.82, 2.24) is 0 Å². The van der Waals surface area contributed by atoms with E-state index in [1.165, 1.54) is 0 Å². The molecule has 0 saturated carbocycles. The Morgan fingerprint density at radius 2 is 2.00 bits per heavy atom. The number of anilines is 2. The normalized spacial score (nSPS) is 10.3. The van der Waals surface area contributed by atoms with Gasteiger partial charge in [0.1, 0.15) is 0 Å². The zero-order chi connectivity index (χ0) is 14.5. The molecule has 0 heterocycles. The molecule has 0 bridgehead atoms. The summed E-state index contributed by atoms with van der Waals surface area (Å²) >= 11 is 0. The highest BCUT2D eigenvalue weighted by atomic mass is 16.5. The van der Waals surface area contributed by atoms with Crippen LogP contribution in [0.5, 0.6) is 0 Å². The summed E-state index contributed by atoms with van der Waals surface area (Å²) < 4.78 is 5.08. The zero-order valence-electron chi connectivity index (χ0n) is 11.6. The minimum absolute atomic E-state index is 0.163. The minimum Gasteiger partial charge on any atom is -0.398 e. The van der Waals surface area contributed by atoms with E-state index in [1.54, 1.807) is 25.3 Å². The standard InChI is InChI=1S/C16H18N2O2/c1-11-14(7-4-8-15(11)17)16(19)18-13-6-3-5-12(9-13)10-20-2/h3-9H,10,17H2,1-2H3,(H,18,19). The predicted molar refractivity (Wildman–Crippen MR) is 80.7 cm³/mol. The summed E-state index contributed by atoms with van der Waals surface area (Å²) in [6, 6.07) is 12.9. The van der Waals surface area contributed by atoms with E-state index in [1.807, 2.05) is 31.2 Å². The van der Waals surface area contributed by atoms with Gasteiger partial charge in [-0.15, -0.1) is 0 Å². The number of hydrogen-bond acceptors (Lipinski definition) is 3. The van der Waals surface area contributed by atoms with Crippen molar-refractivity contribution in [3.8, 4) is 0 Å². The molecule has 0 fully saturated rings. The van der Waals surface area contributed by atoms with Crippen LogP contribution in [0.15, 0.2) is 42.5 Å². The van der Waals surface area contributed by atoms with Crippen LogP contribution in [0, 0.1) is 6.92 Å². The van der Waals surface area contributed by atoms with Crippen LogP contribution in [-0.4, -0.2) is 13.0 Å². The summed E-state index contributed by atoms with van der Waals surface area (Å²) in [6.07, 6.45) is 0. The molecule has 0 aliphatic heterocycles. The van der Waals surface area contributed by atoms with Crippen molar-refractivity contribution in [3.05, 3.63) is 59.2 Å². The third-order valence-electron chi connectivity index (χ3n) is 3.12. The third kappa shape index (κ3) is 3.16. The van der Waals surface area contributed by atoms with Crippen molar-refractivity contribution in [2.45, 2.75) is 13.5 Å². The lowest BCUT2D eigenvalue weighted by Crippen LogP contribution is -2.14. The number of hydrogen-bond donors (Lipinski definition) is 2. The quantitative estimate of drug-likeness (QED) is 0.839. The van der Waals surface area contributed by atoms with Gasteiger partial charge in [-0.25, -0.2) is 0 Å². The summed E-state index contributed by atoms with van der Waals surface area (Å²) in [4.78, 5) is 12.3. The predicted octanol–water partition coefficient (Wildman–Crippen LogP) is 2.98. The molecule has 0 aliphatic rings. The highest BCUT2D eigenvalue weighted by Gasteiger charge is 2.10. The fourth-order valence-corrected chi connectivity index (χ4v) is 2.00. The van der Waals surface area contributed by atoms with Crippen molar-refractivity contribution in [1.29, 1.82) is 0 Å². The molecule has 3 N–H and O–H groups in total. The Hall–Kier alpha value is -2.33. The topological polar surface area (TPSA) is 64.3 Å². The van der Waals surface area contributed by atoms with Gasteiger partial charge in [0.2, 0.25) is 0 Å². The van der Waals surface area contributed by atoms with Gasteiger partial charge in [0.25, 0.3) is 5.91 Å². The number of benzene rings is 2. The number of nitrogens with two attached hydrogens (primary N) is 1. The first-order valence-electron chi connectivity index (χ1n) is 6.36. The van der Waals surface area contributed by atoms with Crippen LogP contribution in [0.2, 0.25) is 0 Å². The zero-order valence-corrected chi connectivity index (χ0v) is 11.6. The highest BCUT2D eigenvalue weighted by Crippen LogP contribution is 2.18. The molecular weight excluding hydrogens is 252 g/mol. The maximum atomic E-state index is 12.3. The van der Waals surface area contributed by atoms with Gasteiger partial charge in [0, 0.05) is 24.0 Å². The van der Waals surface area contributed by atoms with Crippen LogP contribution in [0.3, 0.4) is 0 Å². The van der Waals surface area contributed by atoms with E-state index < -0.39 is 0 Å². The molecule has 2 rings (SSSR count). The molecule has 0 aromatic heterocycles. The van der Waals surface area contributed by atoms with Crippen LogP contribution in [-0.2, 0) is 11.3 Å². The smallest absolute Gasteiger partial charge is 0.256 e. The molecule has 0 saturated heterocycles. The van der Waals surface area contributed by atoms with Crippen LogP contribution in [0.4, 0.5) is 11.4 Å². The number of carbonyl (C=O) groups is 1. The molecule has 0 aliphatic carbocycles. The van der Waals surface area contributed by atoms with Crippen molar-refractivity contribution < 1.29 is 9.53 Å². The Labute approximate surface area is 118 Å². The summed E-state index contributed by atoms with van der Waals surface area (Å²) in [5.41, 5.74) is 9.56. The summed E-state index contributed by atoms with van der Waals surface area (Å²) in [5, 5.41) is 2.88. The SMILES string of the molecule is COCc1cccc(NC(=O)c2cccc(N)c2C)c1. The number of rotatable bonds is 4. The molecule has 1 amide bonds. The minimum atomic E-state index is -0.163. The second-order valence-corrected chi connectivity index (χ2v) is 4.61. The molecular formula is C16H18N2O2. The largest absolute Gasteiger partial charge is 0.398 e. The summed E-state index contributed by atoms with van der Waals surface area (Å²) in [5.74, 6) is -0.163. The lowest BCUT2D eigenvalue weighted by Gasteiger charge is -2.10. The molecule has 0 spiro atoms. The van der Waals surface area contributed by atoms with Gasteiger partial charge >= 0.3 is 0 Å². The van der Waals surface area contributed by atoms with Crippen LogP contribution >= 0.6 is 0 Å². The average molecular weight is 270 g/mol. The van der Waals surface area contributed by atoms with Gasteiger partial charge in [-0.05, 0) is 42.3 Å². The summed E-state index contributed by atoms with van der Waals surface area (Å²) in [7, 11) is 1.64. The number of nitrogens with one attached hydrogen (secondary N) is 1. The van der Waals surface area contributed by atoms with E-state index in [0.29, 0.717) is 17.9 Å². The van der Waals surface area contributed by atoms with Crippen molar-refractivity contribution in [3.63, 3.8) is 0 Å². The first kappa shape index (κ1) is 14.1. The van der Waals surface area contributed by atoms with Gasteiger partial charge in [0.05, 0.1) is 6.61 Å². The highest BCUT2D eigenvalue weighted by molar-refractivity contribution is 6.06. The van der Waals surface area contributed by atoms with E-state index in [2.05, 4.69) is 5.32 Å². The molecule has 4 heteroatoms. The third-order valence-corrected chi connectivity index (χ3v) is 3.12. The molecule has 2 aromatic rings. The second kappa shape index (κ2) is 6.21. The fraction of sp³-hybridized carbons (Fsp3) is 0.188. The van der Waals surface area contributed by atoms with Crippen molar-refractivity contribution in [2.75, 3.05) is 18.2 Å². The van der Waals surface area contributed by atoms with E-state index in [4.69, 9.17) is 10.5 Å².